The van der Waals surface area contributed by atoms with Gasteiger partial charge in [0.1, 0.15) is 5.76 Å². The molecular formula is C8H6Cl2N2OS. The quantitative estimate of drug-likeness (QED) is 0.826. The molecule has 2 aromatic heterocycles. The van der Waals surface area contributed by atoms with Crippen LogP contribution >= 0.6 is 35.4 Å². The van der Waals surface area contributed by atoms with Crippen LogP contribution in [0.4, 0.5) is 0 Å². The topological polar surface area (TPSA) is 33.9 Å². The van der Waals surface area contributed by atoms with Crippen molar-refractivity contribution in [3.05, 3.63) is 39.2 Å². The van der Waals surface area contributed by atoms with Crippen LogP contribution in [0.2, 0.25) is 10.2 Å². The lowest BCUT2D eigenvalue weighted by molar-refractivity contribution is 0.494. The fraction of sp³-hybridized carbons (Fsp3) is 0.125. The average molecular weight is 249 g/mol. The van der Waals surface area contributed by atoms with Gasteiger partial charge >= 0.3 is 0 Å². The lowest BCUT2D eigenvalue weighted by Crippen LogP contribution is -1.96. The highest BCUT2D eigenvalue weighted by molar-refractivity contribution is 7.71. The van der Waals surface area contributed by atoms with Crippen LogP contribution in [0.3, 0.4) is 0 Å². The first kappa shape index (κ1) is 9.83. The minimum Gasteiger partial charge on any atom is -0.446 e. The van der Waals surface area contributed by atoms with Crippen LogP contribution in [-0.2, 0) is 6.54 Å². The van der Waals surface area contributed by atoms with E-state index in [0.29, 0.717) is 22.1 Å². The van der Waals surface area contributed by atoms with E-state index in [1.54, 1.807) is 16.8 Å². The molecule has 0 aromatic carbocycles. The number of furan rings is 1. The van der Waals surface area contributed by atoms with Gasteiger partial charge in [0.25, 0.3) is 0 Å². The molecule has 0 amide bonds. The monoisotopic (exact) mass is 248 g/mol. The van der Waals surface area contributed by atoms with Gasteiger partial charge in [0.05, 0.1) is 11.6 Å². The van der Waals surface area contributed by atoms with Crippen LogP contribution in [-0.4, -0.2) is 9.55 Å². The number of nitrogens with zero attached hydrogens (tertiary/aromatic N) is 1. The SMILES string of the molecule is S=c1[nH]ccn1Cc1oc(Cl)cc1Cl. The van der Waals surface area contributed by atoms with Gasteiger partial charge in [-0.25, -0.2) is 0 Å². The molecule has 0 saturated heterocycles. The summed E-state index contributed by atoms with van der Waals surface area (Å²) in [6, 6.07) is 1.56. The first-order valence-corrected chi connectivity index (χ1v) is 5.01. The number of hydrogen-bond donors (Lipinski definition) is 1. The smallest absolute Gasteiger partial charge is 0.195 e. The molecule has 2 heterocycles. The number of nitrogens with one attached hydrogen (secondary N) is 1. The van der Waals surface area contributed by atoms with Crippen molar-refractivity contribution in [3.8, 4) is 0 Å². The predicted octanol–water partition coefficient (Wildman–Crippen LogP) is 3.49. The predicted molar refractivity (Wildman–Crippen MR) is 57.4 cm³/mol. The Kier molecular flexibility index (Phi) is 2.67. The second kappa shape index (κ2) is 3.81. The first-order chi connectivity index (χ1) is 6.66. The van der Waals surface area contributed by atoms with E-state index in [0.717, 1.165) is 0 Å². The third-order valence-corrected chi connectivity index (χ3v) is 2.62. The minimum atomic E-state index is 0.284. The van der Waals surface area contributed by atoms with E-state index in [2.05, 4.69) is 4.98 Å². The van der Waals surface area contributed by atoms with Gasteiger partial charge < -0.3 is 14.0 Å². The number of hydrogen-bond acceptors (Lipinski definition) is 2. The summed E-state index contributed by atoms with van der Waals surface area (Å²) >= 11 is 16.6. The molecule has 0 spiro atoms. The maximum absolute atomic E-state index is 5.88. The third kappa shape index (κ3) is 1.87. The molecule has 74 valence electrons. The number of aromatic amines is 1. The number of aromatic nitrogens is 2. The Bertz CT molecular complexity index is 499. The summed E-state index contributed by atoms with van der Waals surface area (Å²) in [7, 11) is 0. The second-order valence-electron chi connectivity index (χ2n) is 2.71. The van der Waals surface area contributed by atoms with E-state index < -0.39 is 0 Å². The zero-order valence-electron chi connectivity index (χ0n) is 6.96. The van der Waals surface area contributed by atoms with Crippen molar-refractivity contribution >= 4 is 35.4 Å². The van der Waals surface area contributed by atoms with Gasteiger partial charge in [-0.3, -0.25) is 0 Å². The summed E-state index contributed by atoms with van der Waals surface area (Å²) in [5, 5.41) is 0.796. The van der Waals surface area contributed by atoms with Crippen LogP contribution < -0.4 is 0 Å². The molecule has 0 aliphatic heterocycles. The molecule has 0 unspecified atom stereocenters. The Morgan fingerprint density at radius 1 is 1.50 bits per heavy atom. The van der Waals surface area contributed by atoms with E-state index in [-0.39, 0.29) is 5.22 Å². The van der Waals surface area contributed by atoms with Crippen LogP contribution in [0.1, 0.15) is 5.76 Å². The van der Waals surface area contributed by atoms with E-state index in [4.69, 9.17) is 39.8 Å². The molecule has 0 aliphatic carbocycles. The number of imidazole rings is 1. The van der Waals surface area contributed by atoms with E-state index in [1.807, 2.05) is 6.20 Å². The molecular weight excluding hydrogens is 243 g/mol. The maximum Gasteiger partial charge on any atom is 0.195 e. The van der Waals surface area contributed by atoms with Gasteiger partial charge in [-0.2, -0.15) is 0 Å². The number of rotatable bonds is 2. The number of halogens is 2. The Hall–Kier alpha value is -0.710. The van der Waals surface area contributed by atoms with Gasteiger partial charge in [0.2, 0.25) is 0 Å². The molecule has 3 nitrogen and oxygen atoms in total. The van der Waals surface area contributed by atoms with Crippen molar-refractivity contribution in [2.75, 3.05) is 0 Å². The highest BCUT2D eigenvalue weighted by atomic mass is 35.5. The van der Waals surface area contributed by atoms with Gasteiger partial charge in [0.15, 0.2) is 9.99 Å². The molecule has 2 aromatic rings. The molecule has 6 heteroatoms. The molecule has 0 fully saturated rings. The molecule has 0 saturated carbocycles. The zero-order valence-corrected chi connectivity index (χ0v) is 9.29. The maximum atomic E-state index is 5.88. The summed E-state index contributed by atoms with van der Waals surface area (Å²) in [6.07, 6.45) is 3.57. The lowest BCUT2D eigenvalue weighted by atomic mass is 10.4. The van der Waals surface area contributed by atoms with E-state index in [9.17, 15) is 0 Å². The normalized spacial score (nSPS) is 10.7. The van der Waals surface area contributed by atoms with Crippen LogP contribution in [0.25, 0.3) is 0 Å². The molecule has 0 aliphatic rings. The van der Waals surface area contributed by atoms with Gasteiger partial charge in [-0.15, -0.1) is 0 Å². The average Bonchev–Trinajstić information content (AvgIpc) is 2.62. The largest absolute Gasteiger partial charge is 0.446 e. The van der Waals surface area contributed by atoms with Crippen molar-refractivity contribution in [2.45, 2.75) is 6.54 Å². The summed E-state index contributed by atoms with van der Waals surface area (Å²) < 4.78 is 7.62. The van der Waals surface area contributed by atoms with Gasteiger partial charge in [-0.1, -0.05) is 11.6 Å². The summed E-state index contributed by atoms with van der Waals surface area (Å²) in [6.45, 7) is 0.480. The highest BCUT2D eigenvalue weighted by Gasteiger charge is 2.08. The first-order valence-electron chi connectivity index (χ1n) is 3.84. The van der Waals surface area contributed by atoms with Crippen LogP contribution in [0.15, 0.2) is 22.9 Å². The van der Waals surface area contributed by atoms with Crippen LogP contribution in [0, 0.1) is 4.77 Å². The van der Waals surface area contributed by atoms with E-state index in [1.165, 1.54) is 0 Å². The van der Waals surface area contributed by atoms with Crippen molar-refractivity contribution in [2.24, 2.45) is 0 Å². The van der Waals surface area contributed by atoms with E-state index >= 15 is 0 Å². The Morgan fingerprint density at radius 2 is 2.29 bits per heavy atom. The Labute approximate surface area is 95.3 Å². The molecule has 0 bridgehead atoms. The Balaban J connectivity index is 2.31. The summed E-state index contributed by atoms with van der Waals surface area (Å²) in [4.78, 5) is 2.88. The third-order valence-electron chi connectivity index (χ3n) is 1.76. The summed E-state index contributed by atoms with van der Waals surface area (Å²) in [5.41, 5.74) is 0. The van der Waals surface area contributed by atoms with Crippen LogP contribution in [0.5, 0.6) is 0 Å². The minimum absolute atomic E-state index is 0.284. The number of H-pyrrole nitrogens is 1. The molecule has 0 radical (unpaired) electrons. The van der Waals surface area contributed by atoms with Crippen molar-refractivity contribution in [1.29, 1.82) is 0 Å². The Morgan fingerprint density at radius 3 is 2.79 bits per heavy atom. The fourth-order valence-corrected chi connectivity index (χ4v) is 1.76. The molecule has 14 heavy (non-hydrogen) atoms. The molecule has 2 rings (SSSR count). The van der Waals surface area contributed by atoms with Crippen molar-refractivity contribution in [1.82, 2.24) is 9.55 Å². The molecule has 0 atom stereocenters. The highest BCUT2D eigenvalue weighted by Crippen LogP contribution is 2.25. The standard InChI is InChI=1S/C8H6Cl2N2OS/c9-5-3-7(10)13-6(5)4-12-2-1-11-8(12)14/h1-3H,4H2,(H,11,14). The van der Waals surface area contributed by atoms with Gasteiger partial charge in [0, 0.05) is 18.5 Å². The fourth-order valence-electron chi connectivity index (χ4n) is 1.11. The summed E-state index contributed by atoms with van der Waals surface area (Å²) in [5.74, 6) is 0.604. The zero-order chi connectivity index (χ0) is 10.1. The van der Waals surface area contributed by atoms with Crippen molar-refractivity contribution in [3.63, 3.8) is 0 Å². The van der Waals surface area contributed by atoms with Gasteiger partial charge in [-0.05, 0) is 23.8 Å². The van der Waals surface area contributed by atoms with Crippen molar-refractivity contribution < 1.29 is 4.42 Å². The second-order valence-corrected chi connectivity index (χ2v) is 3.88. The molecule has 1 N–H and O–H groups in total. The lowest BCUT2D eigenvalue weighted by Gasteiger charge is -1.98.